The lowest BCUT2D eigenvalue weighted by Gasteiger charge is -2.29. The highest BCUT2D eigenvalue weighted by atomic mass is 16.2. The van der Waals surface area contributed by atoms with Crippen molar-refractivity contribution >= 4 is 5.91 Å². The molecule has 3 nitrogen and oxygen atoms in total. The summed E-state index contributed by atoms with van der Waals surface area (Å²) in [4.78, 5) is 14.4. The molecule has 104 valence electrons. The van der Waals surface area contributed by atoms with Gasteiger partial charge in [0.25, 0.3) is 0 Å². The maximum atomic E-state index is 12.3. The van der Waals surface area contributed by atoms with Crippen LogP contribution in [0.3, 0.4) is 0 Å². The second-order valence-corrected chi connectivity index (χ2v) is 6.54. The van der Waals surface area contributed by atoms with Gasteiger partial charge in [0.15, 0.2) is 0 Å². The summed E-state index contributed by atoms with van der Waals surface area (Å²) >= 11 is 0. The molecular weight excluding hydrogens is 224 g/mol. The number of hydrogen-bond donors (Lipinski definition) is 1. The van der Waals surface area contributed by atoms with Crippen LogP contribution in [0.25, 0.3) is 0 Å². The van der Waals surface area contributed by atoms with Crippen molar-refractivity contribution in [3.05, 3.63) is 0 Å². The van der Waals surface area contributed by atoms with Crippen LogP contribution >= 0.6 is 0 Å². The summed E-state index contributed by atoms with van der Waals surface area (Å²) in [6, 6.07) is 0. The Hall–Kier alpha value is -0.570. The van der Waals surface area contributed by atoms with Crippen LogP contribution in [0.5, 0.6) is 0 Å². The number of rotatable bonds is 3. The molecule has 1 amide bonds. The van der Waals surface area contributed by atoms with Gasteiger partial charge in [0, 0.05) is 19.5 Å². The molecule has 2 fully saturated rings. The largest absolute Gasteiger partial charge is 0.342 e. The van der Waals surface area contributed by atoms with Crippen LogP contribution < -0.4 is 5.32 Å². The van der Waals surface area contributed by atoms with Gasteiger partial charge < -0.3 is 10.2 Å². The second-order valence-electron chi connectivity index (χ2n) is 6.54. The molecule has 2 aliphatic heterocycles. The fourth-order valence-electron chi connectivity index (χ4n) is 3.27. The van der Waals surface area contributed by atoms with Gasteiger partial charge in [0.1, 0.15) is 0 Å². The number of nitrogens with zero attached hydrogens (tertiary/aromatic N) is 1. The van der Waals surface area contributed by atoms with E-state index in [1.165, 1.54) is 12.8 Å². The maximum Gasteiger partial charge on any atom is 0.222 e. The van der Waals surface area contributed by atoms with Crippen molar-refractivity contribution in [3.8, 4) is 0 Å². The summed E-state index contributed by atoms with van der Waals surface area (Å²) in [7, 11) is 0. The molecule has 0 spiro atoms. The Kier molecular flexibility index (Phi) is 4.66. The summed E-state index contributed by atoms with van der Waals surface area (Å²) in [5.74, 6) is 2.93. The van der Waals surface area contributed by atoms with E-state index in [-0.39, 0.29) is 0 Å². The van der Waals surface area contributed by atoms with Crippen LogP contribution in [0.4, 0.5) is 0 Å². The minimum atomic E-state index is 0.379. The van der Waals surface area contributed by atoms with E-state index in [1.807, 2.05) is 0 Å². The first-order chi connectivity index (χ1) is 8.58. The van der Waals surface area contributed by atoms with E-state index in [1.54, 1.807) is 0 Å². The Bertz CT molecular complexity index is 276. The van der Waals surface area contributed by atoms with Crippen LogP contribution in [0.2, 0.25) is 0 Å². The van der Waals surface area contributed by atoms with Crippen molar-refractivity contribution in [3.63, 3.8) is 0 Å². The Labute approximate surface area is 111 Å². The number of carbonyl (C=O) groups is 1. The fraction of sp³-hybridized carbons (Fsp3) is 0.933. The van der Waals surface area contributed by atoms with E-state index >= 15 is 0 Å². The van der Waals surface area contributed by atoms with E-state index in [0.717, 1.165) is 32.6 Å². The van der Waals surface area contributed by atoms with Gasteiger partial charge in [-0.25, -0.2) is 0 Å². The molecule has 2 aliphatic rings. The standard InChI is InChI=1S/C15H28N2O/c1-11(14-5-4-6-16-8-14)7-15(18)17-9-12(2)13(3)10-17/h11-14,16H,4-10H2,1-3H3. The Morgan fingerprint density at radius 3 is 2.56 bits per heavy atom. The number of nitrogens with one attached hydrogen (secondary N) is 1. The van der Waals surface area contributed by atoms with Crippen LogP contribution in [0, 0.1) is 23.7 Å². The SMILES string of the molecule is CC1CN(C(=O)CC(C)C2CCCNC2)CC1C. The van der Waals surface area contributed by atoms with Gasteiger partial charge in [0.05, 0.1) is 0 Å². The van der Waals surface area contributed by atoms with Gasteiger partial charge in [-0.1, -0.05) is 20.8 Å². The molecule has 0 saturated carbocycles. The zero-order valence-electron chi connectivity index (χ0n) is 12.1. The van der Waals surface area contributed by atoms with Crippen LogP contribution in [-0.4, -0.2) is 37.0 Å². The summed E-state index contributed by atoms with van der Waals surface area (Å²) in [5, 5.41) is 3.45. The Morgan fingerprint density at radius 2 is 2.00 bits per heavy atom. The number of carbonyl (C=O) groups excluding carboxylic acids is 1. The number of piperidine rings is 1. The second kappa shape index (κ2) is 6.05. The van der Waals surface area contributed by atoms with Crippen molar-refractivity contribution in [1.29, 1.82) is 0 Å². The molecule has 0 bridgehead atoms. The highest BCUT2D eigenvalue weighted by Gasteiger charge is 2.31. The predicted molar refractivity (Wildman–Crippen MR) is 74.3 cm³/mol. The Balaban J connectivity index is 1.80. The average molecular weight is 252 g/mol. The predicted octanol–water partition coefficient (Wildman–Crippen LogP) is 2.13. The molecule has 0 aromatic heterocycles. The normalized spacial score (nSPS) is 34.6. The summed E-state index contributed by atoms with van der Waals surface area (Å²) in [5.41, 5.74) is 0. The third-order valence-corrected chi connectivity index (χ3v) is 4.98. The van der Waals surface area contributed by atoms with Crippen molar-refractivity contribution in [1.82, 2.24) is 10.2 Å². The molecule has 0 radical (unpaired) electrons. The molecule has 1 N–H and O–H groups in total. The summed E-state index contributed by atoms with van der Waals surface area (Å²) < 4.78 is 0. The molecule has 0 aromatic carbocycles. The molecule has 2 rings (SSSR count). The molecule has 3 heteroatoms. The van der Waals surface area contributed by atoms with Gasteiger partial charge in [-0.3, -0.25) is 4.79 Å². The van der Waals surface area contributed by atoms with Crippen molar-refractivity contribution in [2.75, 3.05) is 26.2 Å². The van der Waals surface area contributed by atoms with Crippen molar-refractivity contribution in [2.45, 2.75) is 40.0 Å². The van der Waals surface area contributed by atoms with E-state index in [2.05, 4.69) is 31.0 Å². The lowest BCUT2D eigenvalue weighted by Crippen LogP contribution is -2.36. The highest BCUT2D eigenvalue weighted by Crippen LogP contribution is 2.26. The van der Waals surface area contributed by atoms with Crippen LogP contribution in [-0.2, 0) is 4.79 Å². The van der Waals surface area contributed by atoms with Crippen molar-refractivity contribution in [2.24, 2.45) is 23.7 Å². The number of hydrogen-bond acceptors (Lipinski definition) is 2. The molecular formula is C15H28N2O. The smallest absolute Gasteiger partial charge is 0.222 e. The molecule has 0 aliphatic carbocycles. The van der Waals surface area contributed by atoms with Gasteiger partial charge >= 0.3 is 0 Å². The lowest BCUT2D eigenvalue weighted by atomic mass is 9.85. The van der Waals surface area contributed by atoms with Crippen LogP contribution in [0.15, 0.2) is 0 Å². The highest BCUT2D eigenvalue weighted by molar-refractivity contribution is 5.76. The fourth-order valence-corrected chi connectivity index (χ4v) is 3.27. The maximum absolute atomic E-state index is 12.3. The lowest BCUT2D eigenvalue weighted by molar-refractivity contribution is -0.131. The number of likely N-dealkylation sites (tertiary alicyclic amines) is 1. The van der Waals surface area contributed by atoms with E-state index in [9.17, 15) is 4.79 Å². The molecule has 18 heavy (non-hydrogen) atoms. The minimum Gasteiger partial charge on any atom is -0.342 e. The first-order valence-corrected chi connectivity index (χ1v) is 7.56. The minimum absolute atomic E-state index is 0.379. The third kappa shape index (κ3) is 3.25. The summed E-state index contributed by atoms with van der Waals surface area (Å²) in [6.07, 6.45) is 3.29. The van der Waals surface area contributed by atoms with Crippen molar-refractivity contribution < 1.29 is 4.79 Å². The Morgan fingerprint density at radius 1 is 1.33 bits per heavy atom. The van der Waals surface area contributed by atoms with Crippen LogP contribution in [0.1, 0.15) is 40.0 Å². The molecule has 0 aromatic rings. The molecule has 4 atom stereocenters. The third-order valence-electron chi connectivity index (χ3n) is 4.98. The van der Waals surface area contributed by atoms with Gasteiger partial charge in [-0.05, 0) is 49.6 Å². The zero-order chi connectivity index (χ0) is 13.1. The van der Waals surface area contributed by atoms with E-state index in [0.29, 0.717) is 29.6 Å². The topological polar surface area (TPSA) is 32.3 Å². The molecule has 4 unspecified atom stereocenters. The molecule has 2 heterocycles. The van der Waals surface area contributed by atoms with Gasteiger partial charge in [-0.2, -0.15) is 0 Å². The average Bonchev–Trinajstić information content (AvgIpc) is 2.71. The van der Waals surface area contributed by atoms with Gasteiger partial charge in [-0.15, -0.1) is 0 Å². The van der Waals surface area contributed by atoms with E-state index < -0.39 is 0 Å². The first-order valence-electron chi connectivity index (χ1n) is 7.56. The quantitative estimate of drug-likeness (QED) is 0.834. The van der Waals surface area contributed by atoms with Gasteiger partial charge in [0.2, 0.25) is 5.91 Å². The zero-order valence-corrected chi connectivity index (χ0v) is 12.1. The summed E-state index contributed by atoms with van der Waals surface area (Å²) in [6.45, 7) is 10.9. The molecule has 2 saturated heterocycles. The number of amides is 1. The van der Waals surface area contributed by atoms with E-state index in [4.69, 9.17) is 0 Å². The monoisotopic (exact) mass is 252 g/mol. The first kappa shape index (κ1) is 13.9.